The number of carbonyl (C=O) groups is 6. The molecule has 22 heteroatoms. The third-order valence-electron chi connectivity index (χ3n) is 24.1. The van der Waals surface area contributed by atoms with E-state index in [0.717, 1.165) is 106 Å². The van der Waals surface area contributed by atoms with E-state index in [9.17, 15) is 0 Å². The number of nitrogens with one attached hydrogen (secondary N) is 2. The van der Waals surface area contributed by atoms with Crippen molar-refractivity contribution in [1.82, 2.24) is 20.4 Å². The number of imide groups is 2. The lowest BCUT2D eigenvalue weighted by Gasteiger charge is -2.37. The van der Waals surface area contributed by atoms with Crippen molar-refractivity contribution in [2.24, 2.45) is 11.8 Å². The molecule has 2 unspecified atom stereocenters. The first-order valence-electron chi connectivity index (χ1n) is 40.4. The van der Waals surface area contributed by atoms with Crippen molar-refractivity contribution in [3.63, 3.8) is 0 Å². The Balaban J connectivity index is 0.981. The Morgan fingerprint density at radius 2 is 0.580 bits per heavy atom. The van der Waals surface area contributed by atoms with E-state index in [1.807, 2.05) is 218 Å². The van der Waals surface area contributed by atoms with Gasteiger partial charge in [0.1, 0.15) is 58.1 Å². The number of amides is 6. The van der Waals surface area contributed by atoms with Crippen LogP contribution in [0.2, 0.25) is 6.04 Å². The second kappa shape index (κ2) is 34.0. The fourth-order valence-electron chi connectivity index (χ4n) is 17.9. The van der Waals surface area contributed by atoms with Gasteiger partial charge in [-0.1, -0.05) is 221 Å². The van der Waals surface area contributed by atoms with E-state index in [1.165, 1.54) is 42.7 Å². The molecule has 2 aliphatic heterocycles. The summed E-state index contributed by atoms with van der Waals surface area (Å²) in [6, 6.07) is 73.8. The minimum atomic E-state index is -3.52. The summed E-state index contributed by atoms with van der Waals surface area (Å²) in [5.41, 5.74) is 7.41. The highest BCUT2D eigenvalue weighted by Gasteiger charge is 2.49. The van der Waals surface area contributed by atoms with Crippen molar-refractivity contribution in [3.05, 3.63) is 265 Å². The molecule has 13 aromatic carbocycles. The van der Waals surface area contributed by atoms with Crippen LogP contribution in [-0.2, 0) is 36.1 Å². The van der Waals surface area contributed by atoms with Crippen molar-refractivity contribution < 1.29 is 74.3 Å². The molecule has 0 bridgehead atoms. The topological polar surface area (TPSA) is 225 Å². The zero-order chi connectivity index (χ0) is 82.1. The minimum Gasteiger partial charge on any atom is -0.457 e. The minimum absolute atomic E-state index is 0.00662. The van der Waals surface area contributed by atoms with Gasteiger partial charge in [-0.25, -0.2) is 0 Å². The number of fused-ring (bicyclic) bond motifs is 2. The molecule has 2 heterocycles. The number of benzene rings is 13. The molecule has 17 rings (SSSR count). The van der Waals surface area contributed by atoms with E-state index in [1.54, 1.807) is 24.3 Å². The van der Waals surface area contributed by atoms with Crippen LogP contribution < -0.4 is 29.6 Å². The highest BCUT2D eigenvalue weighted by Crippen LogP contribution is 2.59. The van der Waals surface area contributed by atoms with E-state index in [4.69, 9.17) is 45.5 Å². The quantitative estimate of drug-likeness (QED) is 0.0178. The predicted octanol–water partition coefficient (Wildman–Crippen LogP) is 20.2. The van der Waals surface area contributed by atoms with E-state index in [2.05, 4.69) is 10.6 Å². The van der Waals surface area contributed by atoms with Gasteiger partial charge >= 0.3 is 17.6 Å². The summed E-state index contributed by atoms with van der Waals surface area (Å²) in [5.74, 6) is -2.71. The lowest BCUT2D eigenvalue weighted by atomic mass is 9.80. The Morgan fingerprint density at radius 1 is 0.328 bits per heavy atom. The highest BCUT2D eigenvalue weighted by molar-refractivity contribution is 6.61. The van der Waals surface area contributed by atoms with Gasteiger partial charge < -0.3 is 56.1 Å². The van der Waals surface area contributed by atoms with Gasteiger partial charge in [0.05, 0.1) is 28.4 Å². The number of ether oxygens (including phenoxy) is 4. The molecule has 13 aromatic rings. The molecule has 20 nitrogen and oxygen atoms in total. The summed E-state index contributed by atoms with van der Waals surface area (Å²) in [6.45, 7) is 0.0303. The van der Waals surface area contributed by atoms with Crippen molar-refractivity contribution >= 4 is 96.1 Å². The second-order valence-corrected chi connectivity index (χ2v) is 36.8. The van der Waals surface area contributed by atoms with Crippen LogP contribution in [0.15, 0.2) is 243 Å². The maximum atomic E-state index is 16.9. The summed E-state index contributed by atoms with van der Waals surface area (Å²) in [7, 11) is 2.02. The Labute approximate surface area is 691 Å². The molecular formula is C97H90N4O16Si2. The monoisotopic (exact) mass is 1620 g/mol. The maximum absolute atomic E-state index is 16.9. The van der Waals surface area contributed by atoms with Crippen molar-refractivity contribution in [2.75, 3.05) is 55.4 Å². The molecule has 602 valence electrons. The lowest BCUT2D eigenvalue weighted by Crippen LogP contribution is -2.59. The number of rotatable bonds is 31. The van der Waals surface area contributed by atoms with Crippen LogP contribution in [-0.4, -0.2) is 130 Å². The van der Waals surface area contributed by atoms with Gasteiger partial charge in [-0.3, -0.25) is 38.6 Å². The first-order valence-corrected chi connectivity index (χ1v) is 44.3. The summed E-state index contributed by atoms with van der Waals surface area (Å²) in [4.78, 5) is 101. The maximum Gasteiger partial charge on any atom is 0.520 e. The molecule has 2 atom stereocenters. The molecule has 119 heavy (non-hydrogen) atoms. The van der Waals surface area contributed by atoms with Gasteiger partial charge in [0.25, 0.3) is 23.6 Å². The van der Waals surface area contributed by atoms with Crippen LogP contribution in [0.4, 0.5) is 0 Å². The van der Waals surface area contributed by atoms with Crippen molar-refractivity contribution in [2.45, 2.75) is 82.3 Å². The van der Waals surface area contributed by atoms with E-state index in [0.29, 0.717) is 23.0 Å². The Kier molecular flexibility index (Phi) is 22.6. The van der Waals surface area contributed by atoms with E-state index in [-0.39, 0.29) is 132 Å². The Bertz CT molecular complexity index is 5450. The summed E-state index contributed by atoms with van der Waals surface area (Å²) in [5, 5.41) is 8.12. The SMILES string of the molecule is CO[Si](CCNC(=O)C(CC1CCCC1)N1C(=O)c2cc(Oc3ccc(-c4ccccc4)cc3)c3c4c(Oc5ccc(-c6ccccc6)cc5)cc5c6c(cc(Oc7ccc(-c8ccccc8)cc7)c(c7c(Oc8ccc(-c9ccccc9)cc8)cc(c2c37)C1=O)c64)C(=O)N(C(CC1CCCC1)C(=O)NC[Si](OC)(OC)OC)C5=O)(OC)OC. The van der Waals surface area contributed by atoms with Gasteiger partial charge in [-0.15, -0.1) is 0 Å². The molecule has 2 aliphatic carbocycles. The molecule has 0 spiro atoms. The first-order chi connectivity index (χ1) is 58.1. The number of carbonyl (C=O) groups excluding carboxylic acids is 6. The van der Waals surface area contributed by atoms with E-state index >= 15 is 28.8 Å². The van der Waals surface area contributed by atoms with Crippen molar-refractivity contribution in [3.8, 4) is 90.5 Å². The average molecular weight is 1620 g/mol. The van der Waals surface area contributed by atoms with Crippen molar-refractivity contribution in [1.29, 1.82) is 0 Å². The molecule has 4 aliphatic rings. The molecule has 2 saturated carbocycles. The summed E-state index contributed by atoms with van der Waals surface area (Å²) in [6.07, 6.45) is 6.80. The van der Waals surface area contributed by atoms with Crippen LogP contribution in [0.3, 0.4) is 0 Å². The number of hydrogen-bond donors (Lipinski definition) is 2. The fraction of sp³-hybridized carbons (Fsp3) is 0.237. The van der Waals surface area contributed by atoms with E-state index < -0.39 is 65.1 Å². The highest BCUT2D eigenvalue weighted by atomic mass is 28.4. The molecule has 0 aromatic heterocycles. The van der Waals surface area contributed by atoms with Gasteiger partial charge in [0.15, 0.2) is 0 Å². The van der Waals surface area contributed by atoms with Crippen LogP contribution in [0.5, 0.6) is 46.0 Å². The summed E-state index contributed by atoms with van der Waals surface area (Å²) < 4.78 is 64.7. The molecule has 0 saturated heterocycles. The number of nitrogens with zero attached hydrogens (tertiary/aromatic N) is 2. The largest absolute Gasteiger partial charge is 0.520 e. The molecule has 2 fully saturated rings. The first kappa shape index (κ1) is 79.3. The van der Waals surface area contributed by atoms with Gasteiger partial charge in [-0.05, 0) is 142 Å². The zero-order valence-electron chi connectivity index (χ0n) is 67.0. The Hall–Kier alpha value is -12.2. The molecule has 6 amide bonds. The normalized spacial score (nSPS) is 15.0. The molecule has 2 N–H and O–H groups in total. The molecular weight excluding hydrogens is 1530 g/mol. The number of hydrogen-bond acceptors (Lipinski definition) is 16. The fourth-order valence-corrected chi connectivity index (χ4v) is 20.8. The van der Waals surface area contributed by atoms with Gasteiger partial charge in [-0.2, -0.15) is 0 Å². The zero-order valence-corrected chi connectivity index (χ0v) is 69.0. The average Bonchev–Trinajstić information content (AvgIpc) is 0.835. The predicted molar refractivity (Wildman–Crippen MR) is 462 cm³/mol. The molecule has 0 radical (unpaired) electrons. The van der Waals surface area contributed by atoms with Crippen LogP contribution >= 0.6 is 0 Å². The van der Waals surface area contributed by atoms with Gasteiger partial charge in [0.2, 0.25) is 11.8 Å². The smallest absolute Gasteiger partial charge is 0.457 e. The third-order valence-corrected chi connectivity index (χ3v) is 29.3. The van der Waals surface area contributed by atoms with Crippen LogP contribution in [0.1, 0.15) is 106 Å². The standard InChI is InChI=1S/C97H90N4O16Si2/c1-108-118(109-2,110-3)52-51-98-92(102)78(53-60-23-19-20-24-60)100-94(104)74-55-80(114-70-43-35-66(36-44-70)62-27-11-7-12-28-62)86-88-82(116-72-47-39-68(40-48-72)64-31-15-9-16-32-64)57-76-85-77(97(107)101(96(76)106)79(54-61-25-21-22-26-61)93(103)99-59-119(111-4,112-5)113-6)58-83(117-73-49-41-69(42-50-73)65-33-17-10-18-34-65)89(91(85)88)87-81(56-75(95(100)105)84(74)90(86)87)115-71-45-37-67(38-46-71)63-29-13-8-14-30-63/h7-18,27-50,55-58,60-61,78-79H,19-26,51-54,59H2,1-6H3,(H,98,102)(H,99,103). The summed E-state index contributed by atoms with van der Waals surface area (Å²) >= 11 is 0. The van der Waals surface area contributed by atoms with Crippen LogP contribution in [0.25, 0.3) is 87.6 Å². The third kappa shape index (κ3) is 15.3. The lowest BCUT2D eigenvalue weighted by molar-refractivity contribution is -0.126. The second-order valence-electron chi connectivity index (χ2n) is 30.8. The Morgan fingerprint density at radius 3 is 0.840 bits per heavy atom. The van der Waals surface area contributed by atoms with Gasteiger partial charge in [0, 0.05) is 98.3 Å². The van der Waals surface area contributed by atoms with Crippen LogP contribution in [0, 0.1) is 11.8 Å².